The number of aromatic hydroxyl groups is 1. The number of nitrogens with two attached hydrogens (primary N) is 1. The van der Waals surface area contributed by atoms with E-state index in [-0.39, 0.29) is 5.75 Å². The molecule has 0 unspecified atom stereocenters. The van der Waals surface area contributed by atoms with Gasteiger partial charge in [0.25, 0.3) is 0 Å². The number of phenols is 1. The summed E-state index contributed by atoms with van der Waals surface area (Å²) in [7, 11) is 1.62. The van der Waals surface area contributed by atoms with Crippen LogP contribution in [-0.4, -0.2) is 12.2 Å². The zero-order chi connectivity index (χ0) is 10.1. The van der Waals surface area contributed by atoms with E-state index in [2.05, 4.69) is 0 Å². The summed E-state index contributed by atoms with van der Waals surface area (Å²) in [6.07, 6.45) is 0. The number of fused-ring (bicyclic) bond motifs is 1. The Morgan fingerprint density at radius 1 is 1.21 bits per heavy atom. The summed E-state index contributed by atoms with van der Waals surface area (Å²) in [5.74, 6) is 0.894. The minimum atomic E-state index is 0.114. The van der Waals surface area contributed by atoms with Gasteiger partial charge < -0.3 is 15.6 Å². The van der Waals surface area contributed by atoms with Crippen LogP contribution in [0.15, 0.2) is 30.3 Å². The second kappa shape index (κ2) is 3.10. The van der Waals surface area contributed by atoms with E-state index in [4.69, 9.17) is 10.5 Å². The molecule has 3 nitrogen and oxygen atoms in total. The number of nitrogen functional groups attached to an aromatic ring is 1. The van der Waals surface area contributed by atoms with Crippen molar-refractivity contribution in [2.45, 2.75) is 0 Å². The van der Waals surface area contributed by atoms with Crippen molar-refractivity contribution in [2.75, 3.05) is 12.8 Å². The first-order valence-electron chi connectivity index (χ1n) is 4.27. The van der Waals surface area contributed by atoms with E-state index in [0.717, 1.165) is 16.5 Å². The van der Waals surface area contributed by atoms with Gasteiger partial charge in [0.2, 0.25) is 0 Å². The van der Waals surface area contributed by atoms with Gasteiger partial charge >= 0.3 is 0 Å². The van der Waals surface area contributed by atoms with Crippen molar-refractivity contribution >= 4 is 16.5 Å². The molecule has 0 heterocycles. The predicted octanol–water partition coefficient (Wildman–Crippen LogP) is 2.14. The van der Waals surface area contributed by atoms with E-state index in [0.29, 0.717) is 5.69 Å². The van der Waals surface area contributed by atoms with Gasteiger partial charge in [-0.25, -0.2) is 0 Å². The topological polar surface area (TPSA) is 55.5 Å². The van der Waals surface area contributed by atoms with Crippen LogP contribution < -0.4 is 10.5 Å². The Balaban J connectivity index is 2.74. The van der Waals surface area contributed by atoms with Gasteiger partial charge in [0.1, 0.15) is 11.5 Å². The number of hydrogen-bond donors (Lipinski definition) is 2. The SMILES string of the molecule is COc1ccc2c(N)c(O)ccc2c1. The number of anilines is 1. The standard InChI is InChI=1S/C11H11NO2/c1-14-8-3-4-9-7(6-8)2-5-10(13)11(9)12/h2-6,13H,12H2,1H3. The Labute approximate surface area is 81.7 Å². The molecule has 0 amide bonds. The molecule has 0 saturated carbocycles. The molecule has 3 heteroatoms. The highest BCUT2D eigenvalue weighted by atomic mass is 16.5. The average Bonchev–Trinajstić information content (AvgIpc) is 2.23. The van der Waals surface area contributed by atoms with Gasteiger partial charge in [-0.05, 0) is 29.7 Å². The lowest BCUT2D eigenvalue weighted by Gasteiger charge is -2.06. The Hall–Kier alpha value is -1.90. The van der Waals surface area contributed by atoms with Gasteiger partial charge in [0.15, 0.2) is 0 Å². The third-order valence-electron chi connectivity index (χ3n) is 2.25. The molecule has 0 aliphatic rings. The number of methoxy groups -OCH3 is 1. The van der Waals surface area contributed by atoms with Crippen LogP contribution in [0.2, 0.25) is 0 Å². The van der Waals surface area contributed by atoms with Crippen LogP contribution >= 0.6 is 0 Å². The van der Waals surface area contributed by atoms with Crippen LogP contribution in [0, 0.1) is 0 Å². The summed E-state index contributed by atoms with van der Waals surface area (Å²) in [5, 5.41) is 11.2. The van der Waals surface area contributed by atoms with E-state index >= 15 is 0 Å². The Kier molecular flexibility index (Phi) is 1.93. The summed E-state index contributed by atoms with van der Waals surface area (Å²) in [6.45, 7) is 0. The van der Waals surface area contributed by atoms with Gasteiger partial charge in [0.05, 0.1) is 12.8 Å². The van der Waals surface area contributed by atoms with Crippen LogP contribution in [-0.2, 0) is 0 Å². The van der Waals surface area contributed by atoms with Crippen molar-refractivity contribution in [3.05, 3.63) is 30.3 Å². The Morgan fingerprint density at radius 2 is 2.00 bits per heavy atom. The zero-order valence-electron chi connectivity index (χ0n) is 7.82. The van der Waals surface area contributed by atoms with Crippen LogP contribution in [0.4, 0.5) is 5.69 Å². The van der Waals surface area contributed by atoms with Crippen molar-refractivity contribution in [1.29, 1.82) is 0 Å². The Bertz CT molecular complexity index is 480. The first-order chi connectivity index (χ1) is 6.72. The number of phenolic OH excluding ortho intramolecular Hbond substituents is 1. The fourth-order valence-corrected chi connectivity index (χ4v) is 1.45. The maximum atomic E-state index is 9.39. The molecule has 0 spiro atoms. The van der Waals surface area contributed by atoms with E-state index in [1.165, 1.54) is 0 Å². The van der Waals surface area contributed by atoms with E-state index in [1.54, 1.807) is 13.2 Å². The Morgan fingerprint density at radius 3 is 2.71 bits per heavy atom. The maximum Gasteiger partial charge on any atom is 0.139 e. The van der Waals surface area contributed by atoms with Crippen LogP contribution in [0.1, 0.15) is 0 Å². The second-order valence-electron chi connectivity index (χ2n) is 3.09. The van der Waals surface area contributed by atoms with Gasteiger partial charge in [-0.3, -0.25) is 0 Å². The largest absolute Gasteiger partial charge is 0.506 e. The molecule has 72 valence electrons. The van der Waals surface area contributed by atoms with E-state index < -0.39 is 0 Å². The summed E-state index contributed by atoms with van der Waals surface area (Å²) in [6, 6.07) is 8.92. The van der Waals surface area contributed by atoms with Crippen molar-refractivity contribution in [1.82, 2.24) is 0 Å². The number of ether oxygens (including phenoxy) is 1. The molecule has 0 fully saturated rings. The fraction of sp³-hybridized carbons (Fsp3) is 0.0909. The van der Waals surface area contributed by atoms with E-state index in [1.807, 2.05) is 24.3 Å². The molecule has 0 radical (unpaired) electrons. The number of rotatable bonds is 1. The van der Waals surface area contributed by atoms with Crippen molar-refractivity contribution in [3.63, 3.8) is 0 Å². The summed E-state index contributed by atoms with van der Waals surface area (Å²) < 4.78 is 5.09. The number of benzene rings is 2. The van der Waals surface area contributed by atoms with Crippen molar-refractivity contribution in [2.24, 2.45) is 0 Å². The third kappa shape index (κ3) is 1.23. The minimum Gasteiger partial charge on any atom is -0.506 e. The molecule has 2 rings (SSSR count). The van der Waals surface area contributed by atoms with E-state index in [9.17, 15) is 5.11 Å². The lowest BCUT2D eigenvalue weighted by molar-refractivity contribution is 0.415. The van der Waals surface area contributed by atoms with Crippen LogP contribution in [0.25, 0.3) is 10.8 Å². The van der Waals surface area contributed by atoms with Gasteiger partial charge in [-0.2, -0.15) is 0 Å². The first kappa shape index (κ1) is 8.69. The van der Waals surface area contributed by atoms with Crippen LogP contribution in [0.3, 0.4) is 0 Å². The molecular formula is C11H11NO2. The summed E-state index contributed by atoms with van der Waals surface area (Å²) in [5.41, 5.74) is 6.13. The molecule has 2 aromatic rings. The monoisotopic (exact) mass is 189 g/mol. The van der Waals surface area contributed by atoms with Gasteiger partial charge in [-0.1, -0.05) is 6.07 Å². The molecule has 0 bridgehead atoms. The zero-order valence-corrected chi connectivity index (χ0v) is 7.82. The number of hydrogen-bond acceptors (Lipinski definition) is 3. The summed E-state index contributed by atoms with van der Waals surface area (Å²) in [4.78, 5) is 0. The highest BCUT2D eigenvalue weighted by Gasteiger charge is 2.03. The third-order valence-corrected chi connectivity index (χ3v) is 2.25. The van der Waals surface area contributed by atoms with Crippen molar-refractivity contribution < 1.29 is 9.84 Å². The van der Waals surface area contributed by atoms with Crippen LogP contribution in [0.5, 0.6) is 11.5 Å². The van der Waals surface area contributed by atoms with Gasteiger partial charge in [-0.15, -0.1) is 0 Å². The quantitative estimate of drug-likeness (QED) is 0.533. The maximum absolute atomic E-state index is 9.39. The molecule has 2 aromatic carbocycles. The molecule has 0 saturated heterocycles. The lowest BCUT2D eigenvalue weighted by atomic mass is 10.1. The average molecular weight is 189 g/mol. The normalized spacial score (nSPS) is 10.4. The minimum absolute atomic E-state index is 0.114. The molecule has 0 aliphatic carbocycles. The molecule has 0 aliphatic heterocycles. The lowest BCUT2D eigenvalue weighted by Crippen LogP contribution is -1.88. The molecule has 0 aromatic heterocycles. The first-order valence-corrected chi connectivity index (χ1v) is 4.27. The molecule has 14 heavy (non-hydrogen) atoms. The fourth-order valence-electron chi connectivity index (χ4n) is 1.45. The molecule has 3 N–H and O–H groups in total. The second-order valence-corrected chi connectivity index (χ2v) is 3.09. The molecular weight excluding hydrogens is 178 g/mol. The predicted molar refractivity (Wildman–Crippen MR) is 56.6 cm³/mol. The van der Waals surface area contributed by atoms with Crippen molar-refractivity contribution in [3.8, 4) is 11.5 Å². The van der Waals surface area contributed by atoms with Gasteiger partial charge in [0, 0.05) is 5.39 Å². The smallest absolute Gasteiger partial charge is 0.139 e. The highest BCUT2D eigenvalue weighted by Crippen LogP contribution is 2.31. The molecule has 0 atom stereocenters. The summed E-state index contributed by atoms with van der Waals surface area (Å²) >= 11 is 0. The highest BCUT2D eigenvalue weighted by molar-refractivity contribution is 5.96.